The van der Waals surface area contributed by atoms with Crippen LogP contribution in [0, 0.1) is 11.3 Å². The fourth-order valence-corrected chi connectivity index (χ4v) is 1.65. The molecule has 1 saturated carbocycles. The molecule has 2 rings (SSSR count). The van der Waals surface area contributed by atoms with Gasteiger partial charge < -0.3 is 10.5 Å². The molecule has 0 amide bonds. The third-order valence-electron chi connectivity index (χ3n) is 2.39. The molecular formula is C10H10ClN3O. The van der Waals surface area contributed by atoms with Gasteiger partial charge in [-0.2, -0.15) is 5.26 Å². The first-order valence-electron chi connectivity index (χ1n) is 4.67. The van der Waals surface area contributed by atoms with Gasteiger partial charge in [0, 0.05) is 12.2 Å². The minimum atomic E-state index is 0.0824. The largest absolute Gasteiger partial charge is 0.473 e. The molecule has 0 saturated heterocycles. The van der Waals surface area contributed by atoms with Crippen LogP contribution in [0.1, 0.15) is 18.4 Å². The molecule has 0 aromatic carbocycles. The zero-order valence-corrected chi connectivity index (χ0v) is 8.74. The summed E-state index contributed by atoms with van der Waals surface area (Å²) in [6.45, 7) is 0. The predicted octanol–water partition coefficient (Wildman–Crippen LogP) is 1.48. The minimum absolute atomic E-state index is 0.0824. The van der Waals surface area contributed by atoms with Gasteiger partial charge in [-0.25, -0.2) is 4.98 Å². The number of pyridine rings is 1. The van der Waals surface area contributed by atoms with Crippen molar-refractivity contribution in [3.8, 4) is 11.9 Å². The quantitative estimate of drug-likeness (QED) is 0.824. The molecule has 0 unspecified atom stereocenters. The number of hydrogen-bond donors (Lipinski definition) is 1. The van der Waals surface area contributed by atoms with Gasteiger partial charge in [-0.15, -0.1) is 0 Å². The summed E-state index contributed by atoms with van der Waals surface area (Å²) < 4.78 is 5.52. The van der Waals surface area contributed by atoms with Gasteiger partial charge in [0.1, 0.15) is 17.2 Å². The van der Waals surface area contributed by atoms with Crippen molar-refractivity contribution in [2.24, 2.45) is 5.73 Å². The van der Waals surface area contributed by atoms with E-state index in [9.17, 15) is 0 Å². The number of nitriles is 1. The van der Waals surface area contributed by atoms with Gasteiger partial charge in [0.15, 0.2) is 0 Å². The van der Waals surface area contributed by atoms with E-state index in [0.717, 1.165) is 12.8 Å². The summed E-state index contributed by atoms with van der Waals surface area (Å²) in [6.07, 6.45) is 3.22. The van der Waals surface area contributed by atoms with Crippen molar-refractivity contribution < 1.29 is 4.74 Å². The standard InChI is InChI=1S/C10H10ClN3O/c11-9-6(5-12)1-2-14-10(9)15-8-3-7(13)4-8/h1-2,7-8H,3-4,13H2. The average Bonchev–Trinajstić information content (AvgIpc) is 2.18. The lowest BCUT2D eigenvalue weighted by Crippen LogP contribution is -2.43. The van der Waals surface area contributed by atoms with E-state index < -0.39 is 0 Å². The van der Waals surface area contributed by atoms with Crippen LogP contribution in [0.15, 0.2) is 12.3 Å². The van der Waals surface area contributed by atoms with Gasteiger partial charge in [-0.3, -0.25) is 0 Å². The van der Waals surface area contributed by atoms with Crippen LogP contribution in [0.3, 0.4) is 0 Å². The molecule has 4 nitrogen and oxygen atoms in total. The number of nitrogens with two attached hydrogens (primary N) is 1. The Bertz CT molecular complexity index is 410. The summed E-state index contributed by atoms with van der Waals surface area (Å²) in [7, 11) is 0. The Balaban J connectivity index is 2.12. The van der Waals surface area contributed by atoms with E-state index in [1.54, 1.807) is 6.07 Å². The first-order chi connectivity index (χ1) is 7.20. The van der Waals surface area contributed by atoms with Gasteiger partial charge in [-0.05, 0) is 18.9 Å². The molecule has 0 radical (unpaired) electrons. The van der Waals surface area contributed by atoms with Crippen LogP contribution in [0.2, 0.25) is 5.02 Å². The van der Waals surface area contributed by atoms with E-state index in [1.165, 1.54) is 6.20 Å². The second-order valence-electron chi connectivity index (χ2n) is 3.56. The second kappa shape index (κ2) is 4.05. The van der Waals surface area contributed by atoms with E-state index in [1.807, 2.05) is 6.07 Å². The maximum Gasteiger partial charge on any atom is 0.234 e. The highest BCUT2D eigenvalue weighted by Gasteiger charge is 2.28. The number of nitrogens with zero attached hydrogens (tertiary/aromatic N) is 2. The Hall–Kier alpha value is -1.31. The smallest absolute Gasteiger partial charge is 0.234 e. The third kappa shape index (κ3) is 2.04. The van der Waals surface area contributed by atoms with Crippen molar-refractivity contribution in [2.45, 2.75) is 25.0 Å². The van der Waals surface area contributed by atoms with Gasteiger partial charge in [0.05, 0.1) is 5.56 Å². The normalized spacial score (nSPS) is 24.1. The van der Waals surface area contributed by atoms with Gasteiger partial charge in [0.25, 0.3) is 0 Å². The Kier molecular flexibility index (Phi) is 2.76. The first-order valence-corrected chi connectivity index (χ1v) is 5.05. The molecule has 0 aliphatic heterocycles. The molecule has 0 atom stereocenters. The van der Waals surface area contributed by atoms with E-state index in [-0.39, 0.29) is 17.2 Å². The third-order valence-corrected chi connectivity index (χ3v) is 2.75. The van der Waals surface area contributed by atoms with Crippen LogP contribution in [-0.4, -0.2) is 17.1 Å². The van der Waals surface area contributed by atoms with Crippen molar-refractivity contribution in [1.82, 2.24) is 4.98 Å². The van der Waals surface area contributed by atoms with E-state index in [4.69, 9.17) is 27.3 Å². The van der Waals surface area contributed by atoms with Crippen LogP contribution < -0.4 is 10.5 Å². The van der Waals surface area contributed by atoms with Crippen molar-refractivity contribution in [3.05, 3.63) is 22.8 Å². The molecule has 78 valence electrons. The van der Waals surface area contributed by atoms with E-state index >= 15 is 0 Å². The lowest BCUT2D eigenvalue weighted by Gasteiger charge is -2.32. The fourth-order valence-electron chi connectivity index (χ4n) is 1.45. The van der Waals surface area contributed by atoms with Crippen LogP contribution in [0.4, 0.5) is 0 Å². The molecular weight excluding hydrogens is 214 g/mol. The van der Waals surface area contributed by atoms with Crippen molar-refractivity contribution in [2.75, 3.05) is 0 Å². The Morgan fingerprint density at radius 3 is 2.93 bits per heavy atom. The molecule has 15 heavy (non-hydrogen) atoms. The predicted molar refractivity (Wildman–Crippen MR) is 55.6 cm³/mol. The highest BCUT2D eigenvalue weighted by molar-refractivity contribution is 6.32. The highest BCUT2D eigenvalue weighted by atomic mass is 35.5. The number of ether oxygens (including phenoxy) is 1. The van der Waals surface area contributed by atoms with Crippen molar-refractivity contribution in [3.63, 3.8) is 0 Å². The summed E-state index contributed by atoms with van der Waals surface area (Å²) >= 11 is 5.93. The Morgan fingerprint density at radius 2 is 2.33 bits per heavy atom. The molecule has 1 aliphatic rings. The zero-order valence-electron chi connectivity index (χ0n) is 7.98. The molecule has 1 aliphatic carbocycles. The molecule has 2 N–H and O–H groups in total. The molecule has 1 aromatic heterocycles. The fraction of sp³-hybridized carbons (Fsp3) is 0.400. The average molecular weight is 224 g/mol. The number of aromatic nitrogens is 1. The second-order valence-corrected chi connectivity index (χ2v) is 3.94. The topological polar surface area (TPSA) is 71.9 Å². The molecule has 1 aromatic rings. The molecule has 1 fully saturated rings. The summed E-state index contributed by atoms with van der Waals surface area (Å²) in [4.78, 5) is 3.99. The van der Waals surface area contributed by atoms with Gasteiger partial charge in [-0.1, -0.05) is 11.6 Å². The monoisotopic (exact) mass is 223 g/mol. The summed E-state index contributed by atoms with van der Waals surface area (Å²) in [6, 6.07) is 3.75. The summed E-state index contributed by atoms with van der Waals surface area (Å²) in [5.74, 6) is 0.326. The lowest BCUT2D eigenvalue weighted by molar-refractivity contribution is 0.0959. The molecule has 5 heteroatoms. The maximum atomic E-state index is 8.75. The van der Waals surface area contributed by atoms with Crippen LogP contribution in [0.5, 0.6) is 5.88 Å². The van der Waals surface area contributed by atoms with Crippen molar-refractivity contribution >= 4 is 11.6 Å². The molecule has 0 spiro atoms. The van der Waals surface area contributed by atoms with Gasteiger partial charge >= 0.3 is 0 Å². The molecule has 1 heterocycles. The van der Waals surface area contributed by atoms with Crippen LogP contribution >= 0.6 is 11.6 Å². The van der Waals surface area contributed by atoms with Gasteiger partial charge in [0.2, 0.25) is 5.88 Å². The van der Waals surface area contributed by atoms with E-state index in [0.29, 0.717) is 11.4 Å². The number of rotatable bonds is 2. The highest BCUT2D eigenvalue weighted by Crippen LogP contribution is 2.29. The number of hydrogen-bond acceptors (Lipinski definition) is 4. The SMILES string of the molecule is N#Cc1ccnc(OC2CC(N)C2)c1Cl. The molecule has 0 bridgehead atoms. The lowest BCUT2D eigenvalue weighted by atomic mass is 9.90. The minimum Gasteiger partial charge on any atom is -0.473 e. The first kappa shape index (κ1) is 10.2. The van der Waals surface area contributed by atoms with Crippen LogP contribution in [0.25, 0.3) is 0 Å². The Morgan fingerprint density at radius 1 is 1.60 bits per heavy atom. The van der Waals surface area contributed by atoms with Crippen molar-refractivity contribution in [1.29, 1.82) is 5.26 Å². The maximum absolute atomic E-state index is 8.75. The number of halogens is 1. The summed E-state index contributed by atoms with van der Waals surface area (Å²) in [5, 5.41) is 9.03. The Labute approximate surface area is 92.6 Å². The summed E-state index contributed by atoms with van der Waals surface area (Å²) in [5.41, 5.74) is 6.01. The van der Waals surface area contributed by atoms with Crippen LogP contribution in [-0.2, 0) is 0 Å². The van der Waals surface area contributed by atoms with E-state index in [2.05, 4.69) is 4.98 Å². The zero-order chi connectivity index (χ0) is 10.8.